The van der Waals surface area contributed by atoms with Crippen molar-refractivity contribution in [3.8, 4) is 0 Å². The number of aryl methyl sites for hydroxylation is 2. The standard InChI is InChI=1S/C24H26N2O3S/c1-18-9-13-21(14-10-18)24(20-7-5-4-6-8-20)25-23(27)17-26(30(3,28)29)22-15-11-19(2)12-16-22/h4-16,24H,17H2,1-3H3,(H,25,27)/t24-/m0/s1. The molecule has 0 heterocycles. The molecule has 3 rings (SSSR count). The Morgan fingerprint density at radius 1 is 0.833 bits per heavy atom. The van der Waals surface area contributed by atoms with Crippen molar-refractivity contribution < 1.29 is 13.2 Å². The topological polar surface area (TPSA) is 66.5 Å². The molecular weight excluding hydrogens is 396 g/mol. The summed E-state index contributed by atoms with van der Waals surface area (Å²) >= 11 is 0. The van der Waals surface area contributed by atoms with Crippen LogP contribution in [0, 0.1) is 13.8 Å². The minimum Gasteiger partial charge on any atom is -0.344 e. The van der Waals surface area contributed by atoms with Gasteiger partial charge >= 0.3 is 0 Å². The molecule has 30 heavy (non-hydrogen) atoms. The van der Waals surface area contributed by atoms with Crippen molar-refractivity contribution >= 4 is 21.6 Å². The molecule has 5 nitrogen and oxygen atoms in total. The lowest BCUT2D eigenvalue weighted by atomic mass is 9.98. The van der Waals surface area contributed by atoms with E-state index in [1.54, 1.807) is 12.1 Å². The largest absolute Gasteiger partial charge is 0.344 e. The molecule has 0 aromatic heterocycles. The summed E-state index contributed by atoms with van der Waals surface area (Å²) in [6.07, 6.45) is 1.11. The summed E-state index contributed by atoms with van der Waals surface area (Å²) in [5.41, 5.74) is 4.46. The fourth-order valence-corrected chi connectivity index (χ4v) is 4.07. The highest BCUT2D eigenvalue weighted by Crippen LogP contribution is 2.23. The first-order valence-corrected chi connectivity index (χ1v) is 11.5. The van der Waals surface area contributed by atoms with Crippen LogP contribution in [-0.4, -0.2) is 27.1 Å². The van der Waals surface area contributed by atoms with Crippen molar-refractivity contribution in [2.75, 3.05) is 17.1 Å². The molecule has 0 fully saturated rings. The molecule has 0 unspecified atom stereocenters. The predicted molar refractivity (Wildman–Crippen MR) is 121 cm³/mol. The first-order chi connectivity index (χ1) is 14.2. The van der Waals surface area contributed by atoms with Gasteiger partial charge in [0.1, 0.15) is 6.54 Å². The molecular formula is C24H26N2O3S. The summed E-state index contributed by atoms with van der Waals surface area (Å²) in [6, 6.07) is 24.3. The Hall–Kier alpha value is -3.12. The normalized spacial score (nSPS) is 12.2. The first kappa shape index (κ1) is 21.6. The highest BCUT2D eigenvalue weighted by atomic mass is 32.2. The number of hydrogen-bond acceptors (Lipinski definition) is 3. The van der Waals surface area contributed by atoms with Gasteiger partial charge in [-0.2, -0.15) is 0 Å². The fraction of sp³-hybridized carbons (Fsp3) is 0.208. The van der Waals surface area contributed by atoms with Crippen LogP contribution >= 0.6 is 0 Å². The maximum Gasteiger partial charge on any atom is 0.241 e. The lowest BCUT2D eigenvalue weighted by molar-refractivity contribution is -0.120. The predicted octanol–water partition coefficient (Wildman–Crippen LogP) is 3.98. The van der Waals surface area contributed by atoms with Gasteiger partial charge in [-0.3, -0.25) is 9.10 Å². The summed E-state index contributed by atoms with van der Waals surface area (Å²) in [5.74, 6) is -0.379. The van der Waals surface area contributed by atoms with Crippen LogP contribution in [0.25, 0.3) is 0 Å². The van der Waals surface area contributed by atoms with Crippen LogP contribution in [0.4, 0.5) is 5.69 Å². The Morgan fingerprint density at radius 3 is 1.87 bits per heavy atom. The van der Waals surface area contributed by atoms with E-state index < -0.39 is 10.0 Å². The van der Waals surface area contributed by atoms with Crippen LogP contribution in [0.5, 0.6) is 0 Å². The molecule has 0 saturated heterocycles. The maximum atomic E-state index is 12.9. The number of sulfonamides is 1. The van der Waals surface area contributed by atoms with E-state index in [-0.39, 0.29) is 18.5 Å². The second kappa shape index (κ2) is 9.13. The van der Waals surface area contributed by atoms with E-state index in [4.69, 9.17) is 0 Å². The van der Waals surface area contributed by atoms with E-state index in [1.807, 2.05) is 80.6 Å². The molecule has 0 bridgehead atoms. The Morgan fingerprint density at radius 2 is 1.33 bits per heavy atom. The Bertz CT molecular complexity index is 1090. The first-order valence-electron chi connectivity index (χ1n) is 9.69. The second-order valence-electron chi connectivity index (χ2n) is 7.43. The van der Waals surface area contributed by atoms with E-state index in [2.05, 4.69) is 5.32 Å². The summed E-state index contributed by atoms with van der Waals surface area (Å²) in [6.45, 7) is 3.63. The molecule has 6 heteroatoms. The van der Waals surface area contributed by atoms with E-state index in [9.17, 15) is 13.2 Å². The van der Waals surface area contributed by atoms with Gasteiger partial charge in [0.05, 0.1) is 18.0 Å². The lowest BCUT2D eigenvalue weighted by Gasteiger charge is -2.25. The van der Waals surface area contributed by atoms with Crippen molar-refractivity contribution in [2.24, 2.45) is 0 Å². The van der Waals surface area contributed by atoms with Gasteiger partial charge in [0.25, 0.3) is 0 Å². The van der Waals surface area contributed by atoms with Gasteiger partial charge in [0.15, 0.2) is 0 Å². The Labute approximate surface area is 178 Å². The third-order valence-electron chi connectivity index (χ3n) is 4.86. The van der Waals surface area contributed by atoms with Gasteiger partial charge in [-0.05, 0) is 37.1 Å². The quantitative estimate of drug-likeness (QED) is 0.626. The minimum atomic E-state index is -3.62. The third-order valence-corrected chi connectivity index (χ3v) is 6.00. The molecule has 0 aliphatic carbocycles. The van der Waals surface area contributed by atoms with Gasteiger partial charge in [-0.1, -0.05) is 77.9 Å². The zero-order valence-electron chi connectivity index (χ0n) is 17.4. The lowest BCUT2D eigenvalue weighted by Crippen LogP contribution is -2.41. The molecule has 1 atom stereocenters. The van der Waals surface area contributed by atoms with Gasteiger partial charge < -0.3 is 5.32 Å². The smallest absolute Gasteiger partial charge is 0.241 e. The van der Waals surface area contributed by atoms with Crippen LogP contribution in [0.15, 0.2) is 78.9 Å². The average Bonchev–Trinajstić information content (AvgIpc) is 2.72. The zero-order valence-corrected chi connectivity index (χ0v) is 18.2. The minimum absolute atomic E-state index is 0.295. The maximum absolute atomic E-state index is 12.9. The zero-order chi connectivity index (χ0) is 21.7. The molecule has 156 valence electrons. The Balaban J connectivity index is 1.87. The van der Waals surface area contributed by atoms with Gasteiger partial charge in [-0.25, -0.2) is 8.42 Å². The number of carbonyl (C=O) groups is 1. The SMILES string of the molecule is Cc1ccc([C@@H](NC(=O)CN(c2ccc(C)cc2)S(C)(=O)=O)c2ccccc2)cc1. The van der Waals surface area contributed by atoms with Gasteiger partial charge in [0, 0.05) is 0 Å². The van der Waals surface area contributed by atoms with E-state index in [0.29, 0.717) is 5.69 Å². The highest BCUT2D eigenvalue weighted by molar-refractivity contribution is 7.92. The molecule has 1 amide bonds. The number of carbonyl (C=O) groups excluding carboxylic acids is 1. The fourth-order valence-electron chi connectivity index (χ4n) is 3.21. The van der Waals surface area contributed by atoms with Crippen LogP contribution in [0.3, 0.4) is 0 Å². The molecule has 1 N–H and O–H groups in total. The Kier molecular flexibility index (Phi) is 6.57. The number of rotatable bonds is 7. The molecule has 0 radical (unpaired) electrons. The monoisotopic (exact) mass is 422 g/mol. The van der Waals surface area contributed by atoms with Crippen LogP contribution in [-0.2, 0) is 14.8 Å². The van der Waals surface area contributed by atoms with Crippen molar-refractivity contribution in [3.63, 3.8) is 0 Å². The van der Waals surface area contributed by atoms with Gasteiger partial charge in [0.2, 0.25) is 15.9 Å². The molecule has 3 aromatic carbocycles. The molecule has 0 aliphatic heterocycles. The van der Waals surface area contributed by atoms with Crippen molar-refractivity contribution in [2.45, 2.75) is 19.9 Å². The van der Waals surface area contributed by atoms with Crippen LogP contribution in [0.2, 0.25) is 0 Å². The number of hydrogen-bond donors (Lipinski definition) is 1. The molecule has 0 saturated carbocycles. The van der Waals surface area contributed by atoms with Crippen molar-refractivity contribution in [1.29, 1.82) is 0 Å². The number of nitrogens with one attached hydrogen (secondary N) is 1. The summed E-state index contributed by atoms with van der Waals surface area (Å²) < 4.78 is 25.8. The number of benzene rings is 3. The van der Waals surface area contributed by atoms with Crippen molar-refractivity contribution in [1.82, 2.24) is 5.32 Å². The molecule has 0 aliphatic rings. The van der Waals surface area contributed by atoms with E-state index in [0.717, 1.165) is 32.8 Å². The van der Waals surface area contributed by atoms with E-state index in [1.165, 1.54) is 0 Å². The van der Waals surface area contributed by atoms with Gasteiger partial charge in [-0.15, -0.1) is 0 Å². The summed E-state index contributed by atoms with van der Waals surface area (Å²) in [7, 11) is -3.62. The highest BCUT2D eigenvalue weighted by Gasteiger charge is 2.23. The van der Waals surface area contributed by atoms with Crippen molar-refractivity contribution in [3.05, 3.63) is 101 Å². The van der Waals surface area contributed by atoms with Crippen LogP contribution in [0.1, 0.15) is 28.3 Å². The average molecular weight is 423 g/mol. The molecule has 3 aromatic rings. The number of amides is 1. The third kappa shape index (κ3) is 5.48. The number of nitrogens with zero attached hydrogens (tertiary/aromatic N) is 1. The summed E-state index contributed by atoms with van der Waals surface area (Å²) in [4.78, 5) is 12.9. The second-order valence-corrected chi connectivity index (χ2v) is 9.33. The van der Waals surface area contributed by atoms with E-state index >= 15 is 0 Å². The molecule has 0 spiro atoms. The summed E-state index contributed by atoms with van der Waals surface area (Å²) in [5, 5.41) is 3.01. The van der Waals surface area contributed by atoms with Crippen LogP contribution < -0.4 is 9.62 Å². The number of anilines is 1.